The summed E-state index contributed by atoms with van der Waals surface area (Å²) in [6, 6.07) is 8.15. The van der Waals surface area contributed by atoms with Gasteiger partial charge < -0.3 is 10.6 Å². The van der Waals surface area contributed by atoms with E-state index in [4.69, 9.17) is 17.3 Å². The van der Waals surface area contributed by atoms with E-state index in [0.717, 1.165) is 25.1 Å². The summed E-state index contributed by atoms with van der Waals surface area (Å²) in [4.78, 5) is 2.31. The molecule has 1 aliphatic heterocycles. The standard InChI is InChI=1S/C14H18ClN3/c15-12-5-4-11(10-17)14(9-12)18-8-2-1-3-13(18)6-7-16/h4-5,9,13H,1-3,6-8,16H2. The summed E-state index contributed by atoms with van der Waals surface area (Å²) in [5.41, 5.74) is 7.34. The maximum Gasteiger partial charge on any atom is 0.101 e. The third-order valence-electron chi connectivity index (χ3n) is 3.52. The van der Waals surface area contributed by atoms with Crippen molar-refractivity contribution >= 4 is 17.3 Å². The molecule has 2 N–H and O–H groups in total. The fraction of sp³-hybridized carbons (Fsp3) is 0.500. The van der Waals surface area contributed by atoms with Gasteiger partial charge in [-0.3, -0.25) is 0 Å². The highest BCUT2D eigenvalue weighted by Gasteiger charge is 2.24. The first-order chi connectivity index (χ1) is 8.76. The summed E-state index contributed by atoms with van der Waals surface area (Å²) >= 11 is 6.06. The molecule has 96 valence electrons. The lowest BCUT2D eigenvalue weighted by molar-refractivity contribution is 0.441. The predicted molar refractivity (Wildman–Crippen MR) is 74.8 cm³/mol. The quantitative estimate of drug-likeness (QED) is 0.912. The third-order valence-corrected chi connectivity index (χ3v) is 3.75. The van der Waals surface area contributed by atoms with Crippen LogP contribution in [-0.2, 0) is 0 Å². The molecular formula is C14H18ClN3. The van der Waals surface area contributed by atoms with Gasteiger partial charge in [-0.1, -0.05) is 11.6 Å². The molecule has 18 heavy (non-hydrogen) atoms. The molecule has 1 aromatic carbocycles. The van der Waals surface area contributed by atoms with Gasteiger partial charge >= 0.3 is 0 Å². The molecule has 0 amide bonds. The van der Waals surface area contributed by atoms with E-state index in [-0.39, 0.29) is 0 Å². The van der Waals surface area contributed by atoms with E-state index < -0.39 is 0 Å². The minimum absolute atomic E-state index is 0.439. The Kier molecular flexibility index (Phi) is 4.46. The maximum absolute atomic E-state index is 9.21. The van der Waals surface area contributed by atoms with E-state index in [1.54, 1.807) is 12.1 Å². The molecule has 0 aromatic heterocycles. The highest BCUT2D eigenvalue weighted by Crippen LogP contribution is 2.31. The fourth-order valence-electron chi connectivity index (χ4n) is 2.65. The molecular weight excluding hydrogens is 246 g/mol. The topological polar surface area (TPSA) is 53.0 Å². The van der Waals surface area contributed by atoms with Crippen LogP contribution in [0.2, 0.25) is 5.02 Å². The summed E-state index contributed by atoms with van der Waals surface area (Å²) in [6.45, 7) is 1.67. The largest absolute Gasteiger partial charge is 0.367 e. The number of nitriles is 1. The molecule has 1 unspecified atom stereocenters. The van der Waals surface area contributed by atoms with Gasteiger partial charge in [0.05, 0.1) is 11.3 Å². The monoisotopic (exact) mass is 263 g/mol. The van der Waals surface area contributed by atoms with Crippen molar-refractivity contribution in [3.8, 4) is 6.07 Å². The summed E-state index contributed by atoms with van der Waals surface area (Å²) < 4.78 is 0. The van der Waals surface area contributed by atoms with Gasteiger partial charge in [0.1, 0.15) is 6.07 Å². The molecule has 1 aliphatic rings. The fourth-order valence-corrected chi connectivity index (χ4v) is 2.81. The van der Waals surface area contributed by atoms with Crippen molar-refractivity contribution in [2.75, 3.05) is 18.0 Å². The summed E-state index contributed by atoms with van der Waals surface area (Å²) in [6.07, 6.45) is 4.52. The van der Waals surface area contributed by atoms with Crippen LogP contribution in [0.3, 0.4) is 0 Å². The molecule has 3 nitrogen and oxygen atoms in total. The Morgan fingerprint density at radius 3 is 3.00 bits per heavy atom. The number of nitrogens with two attached hydrogens (primary N) is 1. The Balaban J connectivity index is 2.33. The van der Waals surface area contributed by atoms with Gasteiger partial charge in [-0.15, -0.1) is 0 Å². The first kappa shape index (κ1) is 13.2. The zero-order valence-corrected chi connectivity index (χ0v) is 11.2. The smallest absolute Gasteiger partial charge is 0.101 e. The third kappa shape index (κ3) is 2.77. The van der Waals surface area contributed by atoms with Crippen LogP contribution in [0, 0.1) is 11.3 Å². The number of halogens is 1. The zero-order valence-electron chi connectivity index (χ0n) is 10.4. The van der Waals surface area contributed by atoms with Crippen molar-refractivity contribution in [2.24, 2.45) is 5.73 Å². The molecule has 0 saturated carbocycles. The molecule has 0 bridgehead atoms. The van der Waals surface area contributed by atoms with E-state index in [9.17, 15) is 5.26 Å². The first-order valence-corrected chi connectivity index (χ1v) is 6.80. The van der Waals surface area contributed by atoms with E-state index >= 15 is 0 Å². The highest BCUT2D eigenvalue weighted by molar-refractivity contribution is 6.30. The molecule has 0 aliphatic carbocycles. The number of rotatable bonds is 3. The van der Waals surface area contributed by atoms with Crippen molar-refractivity contribution in [1.29, 1.82) is 5.26 Å². The number of nitrogens with zero attached hydrogens (tertiary/aromatic N) is 2. The Hall–Kier alpha value is -1.24. The van der Waals surface area contributed by atoms with Crippen molar-refractivity contribution < 1.29 is 0 Å². The van der Waals surface area contributed by atoms with Gasteiger partial charge in [0, 0.05) is 17.6 Å². The van der Waals surface area contributed by atoms with Crippen LogP contribution >= 0.6 is 11.6 Å². The van der Waals surface area contributed by atoms with Gasteiger partial charge in [0.15, 0.2) is 0 Å². The second-order valence-electron chi connectivity index (χ2n) is 4.69. The average Bonchev–Trinajstić information content (AvgIpc) is 2.40. The zero-order chi connectivity index (χ0) is 13.0. The Bertz CT molecular complexity index is 451. The van der Waals surface area contributed by atoms with Gasteiger partial charge in [-0.2, -0.15) is 5.26 Å². The molecule has 2 rings (SSSR count). The van der Waals surface area contributed by atoms with Crippen LogP contribution in [0.1, 0.15) is 31.2 Å². The van der Waals surface area contributed by atoms with Crippen LogP contribution in [0.5, 0.6) is 0 Å². The van der Waals surface area contributed by atoms with E-state index in [2.05, 4.69) is 11.0 Å². The van der Waals surface area contributed by atoms with Crippen LogP contribution in [0.15, 0.2) is 18.2 Å². The number of piperidine rings is 1. The molecule has 1 fully saturated rings. The van der Waals surface area contributed by atoms with Gasteiger partial charge in [0.2, 0.25) is 0 Å². The minimum atomic E-state index is 0.439. The molecule has 4 heteroatoms. The lowest BCUT2D eigenvalue weighted by atomic mass is 9.97. The molecule has 1 aromatic rings. The highest BCUT2D eigenvalue weighted by atomic mass is 35.5. The predicted octanol–water partition coefficient (Wildman–Crippen LogP) is 2.92. The normalized spacial score (nSPS) is 19.6. The van der Waals surface area contributed by atoms with Crippen molar-refractivity contribution in [3.05, 3.63) is 28.8 Å². The van der Waals surface area contributed by atoms with Gasteiger partial charge in [-0.25, -0.2) is 0 Å². The molecule has 0 radical (unpaired) electrons. The SMILES string of the molecule is N#Cc1ccc(Cl)cc1N1CCCCC1CCN. The Morgan fingerprint density at radius 1 is 1.44 bits per heavy atom. The maximum atomic E-state index is 9.21. The number of benzene rings is 1. The van der Waals surface area contributed by atoms with E-state index in [0.29, 0.717) is 23.2 Å². The number of hydrogen-bond donors (Lipinski definition) is 1. The van der Waals surface area contributed by atoms with Crippen LogP contribution in [0.4, 0.5) is 5.69 Å². The van der Waals surface area contributed by atoms with Crippen LogP contribution < -0.4 is 10.6 Å². The summed E-state index contributed by atoms with van der Waals surface area (Å²) in [7, 11) is 0. The number of anilines is 1. The Labute approximate surface area is 113 Å². The van der Waals surface area contributed by atoms with Crippen molar-refractivity contribution in [2.45, 2.75) is 31.7 Å². The first-order valence-electron chi connectivity index (χ1n) is 6.42. The van der Waals surface area contributed by atoms with Crippen LogP contribution in [-0.4, -0.2) is 19.1 Å². The second-order valence-corrected chi connectivity index (χ2v) is 5.13. The molecule has 1 heterocycles. The van der Waals surface area contributed by atoms with Gasteiger partial charge in [-0.05, 0) is 50.4 Å². The lowest BCUT2D eigenvalue weighted by Gasteiger charge is -2.38. The molecule has 1 saturated heterocycles. The van der Waals surface area contributed by atoms with Crippen molar-refractivity contribution in [3.63, 3.8) is 0 Å². The molecule has 0 spiro atoms. The molecule has 1 atom stereocenters. The van der Waals surface area contributed by atoms with Crippen LogP contribution in [0.25, 0.3) is 0 Å². The Morgan fingerprint density at radius 2 is 2.28 bits per heavy atom. The van der Waals surface area contributed by atoms with E-state index in [1.807, 2.05) is 6.07 Å². The summed E-state index contributed by atoms with van der Waals surface area (Å²) in [5, 5.41) is 9.89. The summed E-state index contributed by atoms with van der Waals surface area (Å²) in [5.74, 6) is 0. The minimum Gasteiger partial charge on any atom is -0.367 e. The van der Waals surface area contributed by atoms with E-state index in [1.165, 1.54) is 12.8 Å². The van der Waals surface area contributed by atoms with Gasteiger partial charge in [0.25, 0.3) is 0 Å². The lowest BCUT2D eigenvalue weighted by Crippen LogP contribution is -2.41. The average molecular weight is 264 g/mol. The van der Waals surface area contributed by atoms with Crippen molar-refractivity contribution in [1.82, 2.24) is 0 Å². The second kappa shape index (κ2) is 6.08. The number of hydrogen-bond acceptors (Lipinski definition) is 3.